The molecule has 5 nitrogen and oxygen atoms in total. The average Bonchev–Trinajstić information content (AvgIpc) is 2.63. The molecule has 2 aromatic rings. The van der Waals surface area contributed by atoms with Crippen LogP contribution in [0.15, 0.2) is 54.6 Å². The number of rotatable bonds is 4. The molecule has 1 fully saturated rings. The monoisotopic (exact) mass is 337 g/mol. The third-order valence-corrected chi connectivity index (χ3v) is 4.35. The zero-order chi connectivity index (χ0) is 17.5. The predicted molar refractivity (Wildman–Crippen MR) is 99.9 cm³/mol. The summed E-state index contributed by atoms with van der Waals surface area (Å²) in [5.74, 6) is -0.206. The Morgan fingerprint density at radius 3 is 2.28 bits per heavy atom. The maximum Gasteiger partial charge on any atom is 0.319 e. The van der Waals surface area contributed by atoms with Gasteiger partial charge in [-0.15, -0.1) is 0 Å². The molecule has 2 aromatic carbocycles. The van der Waals surface area contributed by atoms with Gasteiger partial charge in [-0.1, -0.05) is 43.5 Å². The highest BCUT2D eigenvalue weighted by Crippen LogP contribution is 2.18. The zero-order valence-electron chi connectivity index (χ0n) is 14.1. The molecule has 3 rings (SSSR count). The fraction of sp³-hybridized carbons (Fsp3) is 0.300. The van der Waals surface area contributed by atoms with Crippen LogP contribution in [-0.4, -0.2) is 18.0 Å². The molecular weight excluding hydrogens is 314 g/mol. The first kappa shape index (κ1) is 17.0. The SMILES string of the molecule is O=C(Nc1cccc(C(=O)Nc2ccccc2)c1)NC1CCCCC1. The molecule has 3 amide bonds. The van der Waals surface area contributed by atoms with Crippen LogP contribution in [0.25, 0.3) is 0 Å². The lowest BCUT2D eigenvalue weighted by Gasteiger charge is -2.22. The van der Waals surface area contributed by atoms with Gasteiger partial charge >= 0.3 is 6.03 Å². The van der Waals surface area contributed by atoms with Gasteiger partial charge < -0.3 is 16.0 Å². The van der Waals surface area contributed by atoms with Gasteiger partial charge in [-0.2, -0.15) is 0 Å². The Kier molecular flexibility index (Phi) is 5.67. The molecule has 0 heterocycles. The lowest BCUT2D eigenvalue weighted by Crippen LogP contribution is -2.39. The van der Waals surface area contributed by atoms with E-state index in [0.29, 0.717) is 11.3 Å². The molecule has 130 valence electrons. The minimum atomic E-state index is -0.215. The maximum atomic E-state index is 12.3. The maximum absolute atomic E-state index is 12.3. The fourth-order valence-electron chi connectivity index (χ4n) is 3.06. The Morgan fingerprint density at radius 2 is 1.52 bits per heavy atom. The van der Waals surface area contributed by atoms with Crippen LogP contribution in [0.1, 0.15) is 42.5 Å². The molecule has 0 atom stereocenters. The standard InChI is InChI=1S/C20H23N3O2/c24-19(21-16-9-3-1-4-10-16)15-8-7-13-18(14-15)23-20(25)22-17-11-5-2-6-12-17/h1,3-4,7-10,13-14,17H,2,5-6,11-12H2,(H,21,24)(H2,22,23,25). The molecule has 1 aliphatic rings. The second kappa shape index (κ2) is 8.33. The minimum absolute atomic E-state index is 0.206. The number of para-hydroxylation sites is 1. The topological polar surface area (TPSA) is 70.2 Å². The lowest BCUT2D eigenvalue weighted by molar-refractivity contribution is 0.102. The average molecular weight is 337 g/mol. The molecular formula is C20H23N3O2. The van der Waals surface area contributed by atoms with E-state index < -0.39 is 0 Å². The second-order valence-corrected chi connectivity index (χ2v) is 6.33. The summed E-state index contributed by atoms with van der Waals surface area (Å²) in [4.78, 5) is 24.5. The van der Waals surface area contributed by atoms with Crippen LogP contribution in [0.2, 0.25) is 0 Å². The fourth-order valence-corrected chi connectivity index (χ4v) is 3.06. The van der Waals surface area contributed by atoms with Gasteiger partial charge in [-0.05, 0) is 43.2 Å². The van der Waals surface area contributed by atoms with Crippen molar-refractivity contribution in [3.05, 3.63) is 60.2 Å². The number of nitrogens with one attached hydrogen (secondary N) is 3. The van der Waals surface area contributed by atoms with Gasteiger partial charge in [-0.3, -0.25) is 4.79 Å². The van der Waals surface area contributed by atoms with Gasteiger partial charge in [-0.25, -0.2) is 4.79 Å². The van der Waals surface area contributed by atoms with Gasteiger partial charge in [0.05, 0.1) is 0 Å². The number of carbonyl (C=O) groups is 2. The van der Waals surface area contributed by atoms with E-state index in [1.807, 2.05) is 30.3 Å². The smallest absolute Gasteiger partial charge is 0.319 e. The van der Waals surface area contributed by atoms with E-state index in [4.69, 9.17) is 0 Å². The van der Waals surface area contributed by atoms with E-state index in [1.165, 1.54) is 19.3 Å². The molecule has 0 saturated heterocycles. The normalized spacial score (nSPS) is 14.6. The summed E-state index contributed by atoms with van der Waals surface area (Å²) >= 11 is 0. The molecule has 0 spiro atoms. The first-order valence-corrected chi connectivity index (χ1v) is 8.75. The Hall–Kier alpha value is -2.82. The summed E-state index contributed by atoms with van der Waals surface area (Å²) in [5, 5.41) is 8.66. The second-order valence-electron chi connectivity index (χ2n) is 6.33. The molecule has 0 radical (unpaired) electrons. The summed E-state index contributed by atoms with van der Waals surface area (Å²) in [5.41, 5.74) is 1.84. The molecule has 0 aliphatic heterocycles. The Morgan fingerprint density at radius 1 is 0.800 bits per heavy atom. The van der Waals surface area contributed by atoms with Gasteiger partial charge in [0.25, 0.3) is 5.91 Å². The first-order chi connectivity index (χ1) is 12.2. The predicted octanol–water partition coefficient (Wildman–Crippen LogP) is 4.39. The number of carbonyl (C=O) groups excluding carboxylic acids is 2. The first-order valence-electron chi connectivity index (χ1n) is 8.75. The van der Waals surface area contributed by atoms with Crippen LogP contribution < -0.4 is 16.0 Å². The van der Waals surface area contributed by atoms with E-state index in [-0.39, 0.29) is 18.0 Å². The Balaban J connectivity index is 1.58. The number of hydrogen-bond donors (Lipinski definition) is 3. The molecule has 25 heavy (non-hydrogen) atoms. The molecule has 0 bridgehead atoms. The summed E-state index contributed by atoms with van der Waals surface area (Å²) in [7, 11) is 0. The van der Waals surface area contributed by atoms with Crippen molar-refractivity contribution in [2.75, 3.05) is 10.6 Å². The van der Waals surface area contributed by atoms with Crippen molar-refractivity contribution >= 4 is 23.3 Å². The van der Waals surface area contributed by atoms with Gasteiger partial charge in [0.2, 0.25) is 0 Å². The van der Waals surface area contributed by atoms with E-state index in [1.54, 1.807) is 24.3 Å². The van der Waals surface area contributed by atoms with E-state index >= 15 is 0 Å². The van der Waals surface area contributed by atoms with Crippen molar-refractivity contribution in [3.8, 4) is 0 Å². The largest absolute Gasteiger partial charge is 0.335 e. The zero-order valence-corrected chi connectivity index (χ0v) is 14.1. The minimum Gasteiger partial charge on any atom is -0.335 e. The molecule has 1 aliphatic carbocycles. The van der Waals surface area contributed by atoms with E-state index in [0.717, 1.165) is 18.5 Å². The third-order valence-electron chi connectivity index (χ3n) is 4.35. The van der Waals surface area contributed by atoms with Crippen molar-refractivity contribution in [1.82, 2.24) is 5.32 Å². The van der Waals surface area contributed by atoms with Crippen molar-refractivity contribution < 1.29 is 9.59 Å². The number of anilines is 2. The summed E-state index contributed by atoms with van der Waals surface area (Å²) in [6.07, 6.45) is 5.65. The van der Waals surface area contributed by atoms with Crippen molar-refractivity contribution in [2.45, 2.75) is 38.1 Å². The van der Waals surface area contributed by atoms with Gasteiger partial charge in [0, 0.05) is 23.0 Å². The number of amides is 3. The van der Waals surface area contributed by atoms with E-state index in [2.05, 4.69) is 16.0 Å². The van der Waals surface area contributed by atoms with Crippen LogP contribution in [-0.2, 0) is 0 Å². The van der Waals surface area contributed by atoms with Crippen LogP contribution in [0.3, 0.4) is 0 Å². The molecule has 5 heteroatoms. The number of benzene rings is 2. The van der Waals surface area contributed by atoms with Crippen LogP contribution in [0.4, 0.5) is 16.2 Å². The molecule has 1 saturated carbocycles. The van der Waals surface area contributed by atoms with E-state index in [9.17, 15) is 9.59 Å². The summed E-state index contributed by atoms with van der Waals surface area (Å²) in [6, 6.07) is 16.3. The van der Waals surface area contributed by atoms with Crippen molar-refractivity contribution in [3.63, 3.8) is 0 Å². The van der Waals surface area contributed by atoms with Crippen molar-refractivity contribution in [1.29, 1.82) is 0 Å². The summed E-state index contributed by atoms with van der Waals surface area (Å²) < 4.78 is 0. The number of hydrogen-bond acceptors (Lipinski definition) is 2. The third kappa shape index (κ3) is 5.08. The molecule has 0 unspecified atom stereocenters. The Bertz CT molecular complexity index is 725. The highest BCUT2D eigenvalue weighted by Gasteiger charge is 2.16. The highest BCUT2D eigenvalue weighted by molar-refractivity contribution is 6.05. The van der Waals surface area contributed by atoms with Crippen molar-refractivity contribution in [2.24, 2.45) is 0 Å². The quantitative estimate of drug-likeness (QED) is 0.774. The summed E-state index contributed by atoms with van der Waals surface area (Å²) in [6.45, 7) is 0. The molecule has 3 N–H and O–H groups in total. The molecule has 0 aromatic heterocycles. The lowest BCUT2D eigenvalue weighted by atomic mass is 9.96. The van der Waals surface area contributed by atoms with Gasteiger partial charge in [0.1, 0.15) is 0 Å². The van der Waals surface area contributed by atoms with Crippen LogP contribution in [0.5, 0.6) is 0 Å². The highest BCUT2D eigenvalue weighted by atomic mass is 16.2. The Labute approximate surface area is 147 Å². The van der Waals surface area contributed by atoms with Crippen LogP contribution >= 0.6 is 0 Å². The van der Waals surface area contributed by atoms with Gasteiger partial charge in [0.15, 0.2) is 0 Å². The van der Waals surface area contributed by atoms with Crippen LogP contribution in [0, 0.1) is 0 Å². The number of urea groups is 1.